The number of alkyl carbamates (subject to hydrolysis) is 1. The van der Waals surface area contributed by atoms with Gasteiger partial charge in [-0.1, -0.05) is 54.6 Å². The van der Waals surface area contributed by atoms with Crippen molar-refractivity contribution in [2.75, 3.05) is 5.32 Å². The maximum absolute atomic E-state index is 12.3. The third-order valence-electron chi connectivity index (χ3n) is 5.81. The highest BCUT2D eigenvalue weighted by Gasteiger charge is 2.15. The summed E-state index contributed by atoms with van der Waals surface area (Å²) in [6, 6.07) is 27.5. The molecule has 4 aromatic carbocycles. The molecule has 0 saturated carbocycles. The van der Waals surface area contributed by atoms with Crippen molar-refractivity contribution < 1.29 is 28.7 Å². The lowest BCUT2D eigenvalue weighted by Crippen LogP contribution is -2.32. The van der Waals surface area contributed by atoms with E-state index in [1.54, 1.807) is 24.3 Å². The van der Waals surface area contributed by atoms with Crippen LogP contribution in [0.2, 0.25) is 0 Å². The number of fused-ring (bicyclic) bond motifs is 1. The molecule has 0 fully saturated rings. The first-order valence-electron chi connectivity index (χ1n) is 13.1. The molecule has 0 aliphatic heterocycles. The average Bonchev–Trinajstić information content (AvgIpc) is 2.95. The molecule has 9 nitrogen and oxygen atoms in total. The van der Waals surface area contributed by atoms with Gasteiger partial charge in [0.1, 0.15) is 12.2 Å². The van der Waals surface area contributed by atoms with Crippen LogP contribution in [0, 0.1) is 0 Å². The van der Waals surface area contributed by atoms with Gasteiger partial charge in [0.2, 0.25) is 0 Å². The van der Waals surface area contributed by atoms with E-state index in [0.29, 0.717) is 17.8 Å². The van der Waals surface area contributed by atoms with Crippen molar-refractivity contribution in [2.45, 2.75) is 46.1 Å². The number of benzene rings is 4. The molecule has 212 valence electrons. The number of nitrogens with one attached hydrogen (secondary N) is 3. The van der Waals surface area contributed by atoms with Gasteiger partial charge in [-0.3, -0.25) is 14.9 Å². The highest BCUT2D eigenvalue weighted by molar-refractivity contribution is 5.94. The molecule has 0 aliphatic rings. The van der Waals surface area contributed by atoms with E-state index >= 15 is 0 Å². The van der Waals surface area contributed by atoms with Crippen molar-refractivity contribution in [2.24, 2.45) is 0 Å². The molecule has 0 aliphatic carbocycles. The first kappa shape index (κ1) is 29.1. The molecule has 4 aromatic rings. The first-order chi connectivity index (χ1) is 19.6. The van der Waals surface area contributed by atoms with E-state index in [1.807, 2.05) is 87.5 Å². The topological polar surface area (TPSA) is 115 Å². The normalized spacial score (nSPS) is 11.0. The summed E-state index contributed by atoms with van der Waals surface area (Å²) in [5.74, 6) is -0.391. The molecule has 0 heterocycles. The number of hydrogen-bond donors (Lipinski definition) is 3. The smallest absolute Gasteiger partial charge is 0.411 e. The van der Waals surface area contributed by atoms with Gasteiger partial charge in [0.05, 0.1) is 6.61 Å². The van der Waals surface area contributed by atoms with E-state index in [2.05, 4.69) is 16.1 Å². The molecule has 0 radical (unpaired) electrons. The van der Waals surface area contributed by atoms with Crippen molar-refractivity contribution in [1.29, 1.82) is 0 Å². The third kappa shape index (κ3) is 9.36. The largest absolute Gasteiger partial charge is 0.444 e. The number of amides is 3. The van der Waals surface area contributed by atoms with Crippen molar-refractivity contribution in [1.82, 2.24) is 10.8 Å². The summed E-state index contributed by atoms with van der Waals surface area (Å²) in [6.07, 6.45) is -1.08. The van der Waals surface area contributed by atoms with Crippen molar-refractivity contribution in [3.8, 4) is 0 Å². The highest BCUT2D eigenvalue weighted by atomic mass is 16.6. The van der Waals surface area contributed by atoms with Gasteiger partial charge in [-0.25, -0.2) is 15.1 Å². The van der Waals surface area contributed by atoms with Crippen molar-refractivity contribution in [3.05, 3.63) is 113 Å². The summed E-state index contributed by atoms with van der Waals surface area (Å²) < 4.78 is 10.6. The maximum Gasteiger partial charge on any atom is 0.411 e. The van der Waals surface area contributed by atoms with Gasteiger partial charge in [-0.15, -0.1) is 0 Å². The molecule has 9 heteroatoms. The Morgan fingerprint density at radius 1 is 0.707 bits per heavy atom. The summed E-state index contributed by atoms with van der Waals surface area (Å²) in [7, 11) is 0. The van der Waals surface area contributed by atoms with Gasteiger partial charge in [-0.05, 0) is 84.6 Å². The lowest BCUT2D eigenvalue weighted by molar-refractivity contribution is 0.0233. The zero-order chi connectivity index (χ0) is 29.2. The summed E-state index contributed by atoms with van der Waals surface area (Å²) in [4.78, 5) is 41.8. The van der Waals surface area contributed by atoms with Crippen LogP contribution in [0.4, 0.5) is 15.3 Å². The number of rotatable bonds is 9. The van der Waals surface area contributed by atoms with E-state index in [9.17, 15) is 14.4 Å². The second-order valence-corrected chi connectivity index (χ2v) is 10.4. The Bertz CT molecular complexity index is 1500. The molecule has 3 amide bonds. The lowest BCUT2D eigenvalue weighted by atomic mass is 10.0. The predicted molar refractivity (Wildman–Crippen MR) is 156 cm³/mol. The quantitative estimate of drug-likeness (QED) is 0.204. The number of carbonyl (C=O) groups excluding carboxylic acids is 3. The SMILES string of the molecule is CC(C)(C)OC(=O)NCc1ccc2cc(COC(=O)Nc3ccc(C(=O)NOCc4ccccc4)cc3)ccc2c1. The minimum atomic E-state index is -0.614. The van der Waals surface area contributed by atoms with Crippen molar-refractivity contribution in [3.63, 3.8) is 0 Å². The fourth-order valence-corrected chi connectivity index (χ4v) is 3.86. The molecular formula is C32H33N3O6. The molecule has 0 unspecified atom stereocenters. The van der Waals surface area contributed by atoms with E-state index in [1.165, 1.54) is 0 Å². The molecule has 0 aromatic heterocycles. The van der Waals surface area contributed by atoms with E-state index in [0.717, 1.165) is 27.5 Å². The minimum Gasteiger partial charge on any atom is -0.444 e. The van der Waals surface area contributed by atoms with Crippen LogP contribution in [0.25, 0.3) is 10.8 Å². The Kier molecular flexibility index (Phi) is 9.55. The zero-order valence-corrected chi connectivity index (χ0v) is 23.2. The van der Waals surface area contributed by atoms with Gasteiger partial charge >= 0.3 is 12.2 Å². The van der Waals surface area contributed by atoms with Gasteiger partial charge in [0.15, 0.2) is 0 Å². The Hall–Kier alpha value is -4.89. The molecule has 4 rings (SSSR count). The number of anilines is 1. The summed E-state index contributed by atoms with van der Waals surface area (Å²) in [6.45, 7) is 6.14. The molecule has 0 saturated heterocycles. The van der Waals surface area contributed by atoms with Crippen LogP contribution >= 0.6 is 0 Å². The average molecular weight is 556 g/mol. The standard InChI is InChI=1S/C32H33N3O6/c1-32(2,3)41-30(37)33-19-23-9-11-27-18-24(10-12-26(27)17-23)20-39-31(38)34-28-15-13-25(14-16-28)29(36)35-40-21-22-7-5-4-6-8-22/h4-18H,19-21H2,1-3H3,(H,33,37)(H,34,38)(H,35,36). The predicted octanol–water partition coefficient (Wildman–Crippen LogP) is 6.47. The first-order valence-corrected chi connectivity index (χ1v) is 13.1. The maximum atomic E-state index is 12.3. The number of ether oxygens (including phenoxy) is 2. The summed E-state index contributed by atoms with van der Waals surface area (Å²) >= 11 is 0. The lowest BCUT2D eigenvalue weighted by Gasteiger charge is -2.19. The molecular weight excluding hydrogens is 522 g/mol. The van der Waals surface area contributed by atoms with Crippen LogP contribution in [-0.4, -0.2) is 23.7 Å². The second-order valence-electron chi connectivity index (χ2n) is 10.4. The highest BCUT2D eigenvalue weighted by Crippen LogP contribution is 2.19. The monoisotopic (exact) mass is 555 g/mol. The van der Waals surface area contributed by atoms with Gasteiger partial charge in [0.25, 0.3) is 5.91 Å². The minimum absolute atomic E-state index is 0.0863. The Balaban J connectivity index is 1.22. The number of carbonyl (C=O) groups is 3. The van der Waals surface area contributed by atoms with Gasteiger partial charge < -0.3 is 14.8 Å². The van der Waals surface area contributed by atoms with Crippen LogP contribution in [0.15, 0.2) is 91.0 Å². The van der Waals surface area contributed by atoms with Crippen molar-refractivity contribution >= 4 is 34.6 Å². The number of hydrogen-bond acceptors (Lipinski definition) is 6. The van der Waals surface area contributed by atoms with Crippen LogP contribution in [0.3, 0.4) is 0 Å². The van der Waals surface area contributed by atoms with Crippen LogP contribution in [0.5, 0.6) is 0 Å². The molecule has 0 bridgehead atoms. The van der Waals surface area contributed by atoms with Crippen LogP contribution in [0.1, 0.15) is 47.8 Å². The molecule has 0 atom stereocenters. The fourth-order valence-electron chi connectivity index (χ4n) is 3.86. The zero-order valence-electron chi connectivity index (χ0n) is 23.2. The molecule has 41 heavy (non-hydrogen) atoms. The molecule has 0 spiro atoms. The van der Waals surface area contributed by atoms with E-state index < -0.39 is 23.7 Å². The van der Waals surface area contributed by atoms with E-state index in [4.69, 9.17) is 14.3 Å². The summed E-state index contributed by atoms with van der Waals surface area (Å²) in [5.41, 5.74) is 5.44. The fraction of sp³-hybridized carbons (Fsp3) is 0.219. The van der Waals surface area contributed by atoms with Crippen LogP contribution < -0.4 is 16.1 Å². The Morgan fingerprint density at radius 2 is 1.37 bits per heavy atom. The Labute approximate surface area is 238 Å². The number of hydroxylamine groups is 1. The van der Waals surface area contributed by atoms with Gasteiger partial charge in [0, 0.05) is 17.8 Å². The van der Waals surface area contributed by atoms with Crippen LogP contribution in [-0.2, 0) is 34.1 Å². The van der Waals surface area contributed by atoms with Gasteiger partial charge in [-0.2, -0.15) is 0 Å². The molecule has 3 N–H and O–H groups in total. The third-order valence-corrected chi connectivity index (χ3v) is 5.81. The Morgan fingerprint density at radius 3 is 2.05 bits per heavy atom. The second kappa shape index (κ2) is 13.5. The summed E-state index contributed by atoms with van der Waals surface area (Å²) in [5, 5.41) is 7.39. The van der Waals surface area contributed by atoms with E-state index in [-0.39, 0.29) is 13.2 Å².